The smallest absolute Gasteiger partial charge is 0.256 e. The summed E-state index contributed by atoms with van der Waals surface area (Å²) in [7, 11) is 1.57. The Morgan fingerprint density at radius 2 is 2.15 bits per heavy atom. The van der Waals surface area contributed by atoms with E-state index in [1.165, 1.54) is 0 Å². The van der Waals surface area contributed by atoms with Gasteiger partial charge >= 0.3 is 0 Å². The normalized spacial score (nSPS) is 18.8. The zero-order chi connectivity index (χ0) is 14.7. The van der Waals surface area contributed by atoms with Gasteiger partial charge in [-0.25, -0.2) is 0 Å². The van der Waals surface area contributed by atoms with E-state index in [0.717, 1.165) is 0 Å². The van der Waals surface area contributed by atoms with Crippen LogP contribution < -0.4 is 10.6 Å². The molecule has 7 nitrogen and oxygen atoms in total. The van der Waals surface area contributed by atoms with Gasteiger partial charge in [-0.15, -0.1) is 0 Å². The van der Waals surface area contributed by atoms with E-state index in [2.05, 4.69) is 20.8 Å². The number of hydrogen-bond donors (Lipinski definition) is 2. The van der Waals surface area contributed by atoms with E-state index >= 15 is 0 Å². The number of hydrogen-bond acceptors (Lipinski definition) is 5. The molecule has 1 aromatic rings. The fraction of sp³-hybridized carbons (Fsp3) is 0.538. The third-order valence-electron chi connectivity index (χ3n) is 3.38. The lowest BCUT2D eigenvalue weighted by molar-refractivity contribution is -0.125. The van der Waals surface area contributed by atoms with Crippen molar-refractivity contribution in [1.82, 2.24) is 25.7 Å². The molecule has 1 aliphatic heterocycles. The minimum absolute atomic E-state index is 0.165. The molecule has 108 valence electrons. The Kier molecular flexibility index (Phi) is 4.29. The van der Waals surface area contributed by atoms with Crippen molar-refractivity contribution < 1.29 is 9.59 Å². The van der Waals surface area contributed by atoms with Crippen molar-refractivity contribution in [2.45, 2.75) is 19.9 Å². The van der Waals surface area contributed by atoms with Gasteiger partial charge in [0.2, 0.25) is 5.91 Å². The SMILES string of the molecule is CNC(=O)C1CNCCN1C(=O)c1cc(C)nnc1C. The molecule has 20 heavy (non-hydrogen) atoms. The predicted molar refractivity (Wildman–Crippen MR) is 73.3 cm³/mol. The van der Waals surface area contributed by atoms with Crippen LogP contribution in [0.15, 0.2) is 6.07 Å². The zero-order valence-corrected chi connectivity index (χ0v) is 11.9. The Morgan fingerprint density at radius 1 is 1.40 bits per heavy atom. The number of rotatable bonds is 2. The highest BCUT2D eigenvalue weighted by Crippen LogP contribution is 2.13. The molecule has 1 atom stereocenters. The van der Waals surface area contributed by atoms with Crippen molar-refractivity contribution in [3.63, 3.8) is 0 Å². The molecule has 2 heterocycles. The Hall–Kier alpha value is -2.02. The standard InChI is InChI=1S/C13H19N5O2/c1-8-6-10(9(2)17-16-8)13(20)18-5-4-15-7-11(18)12(19)14-3/h6,11,15H,4-5,7H2,1-3H3,(H,14,19). The molecule has 7 heteroatoms. The average molecular weight is 277 g/mol. The number of piperazine rings is 1. The largest absolute Gasteiger partial charge is 0.357 e. The molecule has 0 radical (unpaired) electrons. The monoisotopic (exact) mass is 277 g/mol. The molecule has 0 saturated carbocycles. The number of carbonyl (C=O) groups is 2. The molecule has 2 N–H and O–H groups in total. The molecule has 0 spiro atoms. The molecule has 1 aromatic heterocycles. The van der Waals surface area contributed by atoms with Crippen molar-refractivity contribution in [3.05, 3.63) is 23.0 Å². The fourth-order valence-electron chi connectivity index (χ4n) is 2.27. The highest BCUT2D eigenvalue weighted by atomic mass is 16.2. The molecule has 0 bridgehead atoms. The van der Waals surface area contributed by atoms with Gasteiger partial charge < -0.3 is 15.5 Å². The zero-order valence-electron chi connectivity index (χ0n) is 11.9. The first-order chi connectivity index (χ1) is 9.54. The quantitative estimate of drug-likeness (QED) is 0.743. The first kappa shape index (κ1) is 14.4. The number of nitrogens with zero attached hydrogens (tertiary/aromatic N) is 3. The van der Waals surface area contributed by atoms with Crippen LogP contribution in [0.1, 0.15) is 21.7 Å². The first-order valence-electron chi connectivity index (χ1n) is 6.58. The van der Waals surface area contributed by atoms with E-state index in [4.69, 9.17) is 0 Å². The van der Waals surface area contributed by atoms with Gasteiger partial charge in [0.15, 0.2) is 0 Å². The number of aryl methyl sites for hydroxylation is 2. The Balaban J connectivity index is 2.30. The van der Waals surface area contributed by atoms with Crippen LogP contribution in [-0.4, -0.2) is 59.6 Å². The molecule has 1 saturated heterocycles. The van der Waals surface area contributed by atoms with Crippen LogP contribution in [0.2, 0.25) is 0 Å². The molecule has 0 aromatic carbocycles. The molecule has 2 rings (SSSR count). The van der Waals surface area contributed by atoms with Gasteiger partial charge in [-0.3, -0.25) is 9.59 Å². The molecular formula is C13H19N5O2. The minimum atomic E-state index is -0.492. The Bertz CT molecular complexity index is 531. The predicted octanol–water partition coefficient (Wildman–Crippen LogP) is -0.747. The van der Waals surface area contributed by atoms with Crippen molar-refractivity contribution in [1.29, 1.82) is 0 Å². The Labute approximate surface area is 117 Å². The van der Waals surface area contributed by atoms with E-state index < -0.39 is 6.04 Å². The van der Waals surface area contributed by atoms with E-state index in [0.29, 0.717) is 36.6 Å². The maximum atomic E-state index is 12.7. The molecule has 0 aliphatic carbocycles. The van der Waals surface area contributed by atoms with E-state index in [-0.39, 0.29) is 11.8 Å². The summed E-state index contributed by atoms with van der Waals surface area (Å²) in [6.45, 7) is 5.17. The first-order valence-corrected chi connectivity index (χ1v) is 6.58. The summed E-state index contributed by atoms with van der Waals surface area (Å²) in [5, 5.41) is 13.6. The second kappa shape index (κ2) is 5.96. The second-order valence-electron chi connectivity index (χ2n) is 4.82. The molecule has 1 aliphatic rings. The lowest BCUT2D eigenvalue weighted by Gasteiger charge is -2.35. The molecular weight excluding hydrogens is 258 g/mol. The van der Waals surface area contributed by atoms with Crippen molar-refractivity contribution >= 4 is 11.8 Å². The third kappa shape index (κ3) is 2.77. The van der Waals surface area contributed by atoms with Crippen LogP contribution in [0.3, 0.4) is 0 Å². The number of carbonyl (C=O) groups excluding carboxylic acids is 2. The third-order valence-corrected chi connectivity index (χ3v) is 3.38. The van der Waals surface area contributed by atoms with Crippen LogP contribution in [0.25, 0.3) is 0 Å². The molecule has 1 unspecified atom stereocenters. The van der Waals surface area contributed by atoms with Gasteiger partial charge in [-0.2, -0.15) is 10.2 Å². The molecule has 1 fully saturated rings. The van der Waals surface area contributed by atoms with Gasteiger partial charge in [0.1, 0.15) is 6.04 Å². The molecule has 2 amide bonds. The van der Waals surface area contributed by atoms with Gasteiger partial charge in [0.05, 0.1) is 17.0 Å². The lowest BCUT2D eigenvalue weighted by Crippen LogP contribution is -2.59. The number of amides is 2. The minimum Gasteiger partial charge on any atom is -0.357 e. The van der Waals surface area contributed by atoms with Crippen molar-refractivity contribution in [3.8, 4) is 0 Å². The van der Waals surface area contributed by atoms with Crippen LogP contribution in [0, 0.1) is 13.8 Å². The van der Waals surface area contributed by atoms with Gasteiger partial charge in [0.25, 0.3) is 5.91 Å². The summed E-state index contributed by atoms with van der Waals surface area (Å²) in [4.78, 5) is 26.1. The van der Waals surface area contributed by atoms with E-state index in [1.54, 1.807) is 31.9 Å². The second-order valence-corrected chi connectivity index (χ2v) is 4.82. The number of likely N-dealkylation sites (N-methyl/N-ethyl adjacent to an activating group) is 1. The van der Waals surface area contributed by atoms with Crippen LogP contribution in [0.5, 0.6) is 0 Å². The maximum Gasteiger partial charge on any atom is 0.256 e. The van der Waals surface area contributed by atoms with E-state index in [9.17, 15) is 9.59 Å². The van der Waals surface area contributed by atoms with Gasteiger partial charge in [0, 0.05) is 26.7 Å². The summed E-state index contributed by atoms with van der Waals surface area (Å²) in [5.41, 5.74) is 1.77. The highest BCUT2D eigenvalue weighted by Gasteiger charge is 2.32. The highest BCUT2D eigenvalue weighted by molar-refractivity contribution is 5.98. The summed E-state index contributed by atoms with van der Waals surface area (Å²) in [5.74, 6) is -0.336. The lowest BCUT2D eigenvalue weighted by atomic mass is 10.1. The Morgan fingerprint density at radius 3 is 2.85 bits per heavy atom. The summed E-state index contributed by atoms with van der Waals surface area (Å²) < 4.78 is 0. The van der Waals surface area contributed by atoms with Crippen molar-refractivity contribution in [2.24, 2.45) is 0 Å². The van der Waals surface area contributed by atoms with Crippen LogP contribution in [-0.2, 0) is 4.79 Å². The van der Waals surface area contributed by atoms with Gasteiger partial charge in [-0.05, 0) is 19.9 Å². The number of nitrogens with one attached hydrogen (secondary N) is 2. The van der Waals surface area contributed by atoms with Crippen molar-refractivity contribution in [2.75, 3.05) is 26.7 Å². The summed E-state index contributed by atoms with van der Waals surface area (Å²) >= 11 is 0. The fourth-order valence-corrected chi connectivity index (χ4v) is 2.27. The van der Waals surface area contributed by atoms with Crippen LogP contribution in [0.4, 0.5) is 0 Å². The van der Waals surface area contributed by atoms with Crippen LogP contribution >= 0.6 is 0 Å². The summed E-state index contributed by atoms with van der Waals surface area (Å²) in [6, 6.07) is 1.22. The van der Waals surface area contributed by atoms with E-state index in [1.807, 2.05) is 0 Å². The topological polar surface area (TPSA) is 87.2 Å². The maximum absolute atomic E-state index is 12.7. The average Bonchev–Trinajstić information content (AvgIpc) is 2.48. The van der Waals surface area contributed by atoms with Gasteiger partial charge in [-0.1, -0.05) is 0 Å². The summed E-state index contributed by atoms with van der Waals surface area (Å²) in [6.07, 6.45) is 0. The number of aromatic nitrogens is 2.